The molecule has 1 aromatic carbocycles. The van der Waals surface area contributed by atoms with Crippen LogP contribution in [0.25, 0.3) is 0 Å². The first kappa shape index (κ1) is 26.9. The van der Waals surface area contributed by atoms with Gasteiger partial charge in [0.15, 0.2) is 5.96 Å². The summed E-state index contributed by atoms with van der Waals surface area (Å²) in [6, 6.07) is 7.91. The number of halogens is 1. The van der Waals surface area contributed by atoms with Crippen LogP contribution in [0, 0.1) is 0 Å². The fourth-order valence-electron chi connectivity index (χ4n) is 3.15. The van der Waals surface area contributed by atoms with E-state index < -0.39 is 10.0 Å². The SMILES string of the molecule is CCOc1ccccc1CNC(=NC)N1CCN(S(=O)(=O)CCOC(C)C)CC1.I. The first-order valence-corrected chi connectivity index (χ1v) is 11.7. The zero-order valence-electron chi connectivity index (χ0n) is 18.3. The van der Waals surface area contributed by atoms with Gasteiger partial charge >= 0.3 is 0 Å². The van der Waals surface area contributed by atoms with Gasteiger partial charge in [0.2, 0.25) is 10.0 Å². The van der Waals surface area contributed by atoms with E-state index in [0.29, 0.717) is 39.3 Å². The smallest absolute Gasteiger partial charge is 0.216 e. The third-order valence-corrected chi connectivity index (χ3v) is 6.48. The number of hydrogen-bond donors (Lipinski definition) is 1. The second kappa shape index (κ2) is 13.3. The Morgan fingerprint density at radius 2 is 1.87 bits per heavy atom. The second-order valence-electron chi connectivity index (χ2n) is 7.06. The van der Waals surface area contributed by atoms with Crippen LogP contribution in [0.3, 0.4) is 0 Å². The van der Waals surface area contributed by atoms with Gasteiger partial charge in [0.1, 0.15) is 5.75 Å². The number of sulfonamides is 1. The summed E-state index contributed by atoms with van der Waals surface area (Å²) in [5.74, 6) is 1.64. The highest BCUT2D eigenvalue weighted by Gasteiger charge is 2.28. The first-order chi connectivity index (χ1) is 13.9. The molecule has 0 bridgehead atoms. The molecule has 1 fully saturated rings. The van der Waals surface area contributed by atoms with Gasteiger partial charge < -0.3 is 19.7 Å². The Morgan fingerprint density at radius 3 is 2.47 bits per heavy atom. The molecule has 8 nitrogen and oxygen atoms in total. The molecule has 10 heteroatoms. The number of aliphatic imine (C=N–C) groups is 1. The Morgan fingerprint density at radius 1 is 1.20 bits per heavy atom. The monoisotopic (exact) mass is 554 g/mol. The van der Waals surface area contributed by atoms with Crippen molar-refractivity contribution in [2.75, 3.05) is 52.2 Å². The molecule has 172 valence electrons. The van der Waals surface area contributed by atoms with E-state index in [1.807, 2.05) is 45.0 Å². The number of hydrogen-bond acceptors (Lipinski definition) is 5. The van der Waals surface area contributed by atoms with Crippen LogP contribution < -0.4 is 10.1 Å². The van der Waals surface area contributed by atoms with Crippen molar-refractivity contribution in [2.45, 2.75) is 33.4 Å². The molecular formula is C20H35IN4O4S. The van der Waals surface area contributed by atoms with Gasteiger partial charge in [0.25, 0.3) is 0 Å². The van der Waals surface area contributed by atoms with Crippen LogP contribution in [0.2, 0.25) is 0 Å². The predicted molar refractivity (Wildman–Crippen MR) is 131 cm³/mol. The molecule has 1 aliphatic heterocycles. The summed E-state index contributed by atoms with van der Waals surface area (Å²) >= 11 is 0. The summed E-state index contributed by atoms with van der Waals surface area (Å²) in [5, 5.41) is 3.36. The lowest BCUT2D eigenvalue weighted by Gasteiger charge is -2.36. The van der Waals surface area contributed by atoms with Crippen molar-refractivity contribution in [3.8, 4) is 5.75 Å². The maximum Gasteiger partial charge on any atom is 0.216 e. The van der Waals surface area contributed by atoms with Gasteiger partial charge in [-0.1, -0.05) is 18.2 Å². The Bertz CT molecular complexity index is 766. The zero-order valence-corrected chi connectivity index (χ0v) is 21.5. The van der Waals surface area contributed by atoms with Gasteiger partial charge in [0.05, 0.1) is 25.1 Å². The molecule has 30 heavy (non-hydrogen) atoms. The minimum absolute atomic E-state index is 0. The molecule has 0 atom stereocenters. The van der Waals surface area contributed by atoms with Crippen molar-refractivity contribution in [3.05, 3.63) is 29.8 Å². The van der Waals surface area contributed by atoms with Crippen molar-refractivity contribution >= 4 is 40.0 Å². The summed E-state index contributed by atoms with van der Waals surface area (Å²) in [6.45, 7) is 9.27. The first-order valence-electron chi connectivity index (χ1n) is 10.1. The average molecular weight is 554 g/mol. The van der Waals surface area contributed by atoms with Crippen molar-refractivity contribution in [1.82, 2.24) is 14.5 Å². The number of para-hydroxylation sites is 1. The lowest BCUT2D eigenvalue weighted by Crippen LogP contribution is -2.54. The molecule has 0 aliphatic carbocycles. The van der Waals surface area contributed by atoms with Crippen LogP contribution in [0.1, 0.15) is 26.3 Å². The van der Waals surface area contributed by atoms with Gasteiger partial charge in [0, 0.05) is 45.3 Å². The van der Waals surface area contributed by atoms with Gasteiger partial charge in [-0.3, -0.25) is 4.99 Å². The molecule has 0 aromatic heterocycles. The molecule has 1 N–H and O–H groups in total. The van der Waals surface area contributed by atoms with Gasteiger partial charge in [-0.05, 0) is 26.8 Å². The third kappa shape index (κ3) is 8.20. The van der Waals surface area contributed by atoms with Crippen molar-refractivity contribution in [3.63, 3.8) is 0 Å². The Hall–Kier alpha value is -1.11. The molecule has 0 radical (unpaired) electrons. The average Bonchev–Trinajstić information content (AvgIpc) is 2.70. The number of guanidine groups is 1. The molecule has 1 saturated heterocycles. The van der Waals surface area contributed by atoms with E-state index in [1.54, 1.807) is 11.4 Å². The van der Waals surface area contributed by atoms with Crippen molar-refractivity contribution in [1.29, 1.82) is 0 Å². The number of nitrogens with one attached hydrogen (secondary N) is 1. The van der Waals surface area contributed by atoms with E-state index >= 15 is 0 Å². The molecule has 0 unspecified atom stereocenters. The highest BCUT2D eigenvalue weighted by atomic mass is 127. The quantitative estimate of drug-likeness (QED) is 0.286. The Labute approximate surface area is 198 Å². The fourth-order valence-corrected chi connectivity index (χ4v) is 4.43. The van der Waals surface area contributed by atoms with E-state index in [9.17, 15) is 8.42 Å². The van der Waals surface area contributed by atoms with Crippen LogP contribution in [0.5, 0.6) is 5.75 Å². The van der Waals surface area contributed by atoms with Gasteiger partial charge in [-0.15, -0.1) is 24.0 Å². The molecular weight excluding hydrogens is 519 g/mol. The van der Waals surface area contributed by atoms with Crippen LogP contribution in [-0.2, 0) is 21.3 Å². The van der Waals surface area contributed by atoms with E-state index in [0.717, 1.165) is 17.3 Å². The largest absolute Gasteiger partial charge is 0.494 e. The third-order valence-electron chi connectivity index (χ3n) is 4.65. The molecule has 1 aliphatic rings. The summed E-state index contributed by atoms with van der Waals surface area (Å²) < 4.78 is 37.6. The Balaban J connectivity index is 0.00000450. The minimum Gasteiger partial charge on any atom is -0.494 e. The molecule has 1 aromatic rings. The lowest BCUT2D eigenvalue weighted by atomic mass is 10.2. The summed E-state index contributed by atoms with van der Waals surface area (Å²) in [5.41, 5.74) is 1.06. The normalized spacial score (nSPS) is 15.8. The van der Waals surface area contributed by atoms with Gasteiger partial charge in [-0.2, -0.15) is 4.31 Å². The Kier molecular flexibility index (Phi) is 12.0. The number of piperazine rings is 1. The summed E-state index contributed by atoms with van der Waals surface area (Å²) in [7, 11) is -1.56. The van der Waals surface area contributed by atoms with E-state index in [2.05, 4.69) is 15.2 Å². The van der Waals surface area contributed by atoms with Crippen LogP contribution in [-0.4, -0.2) is 81.9 Å². The summed E-state index contributed by atoms with van der Waals surface area (Å²) in [4.78, 5) is 6.44. The predicted octanol–water partition coefficient (Wildman–Crippen LogP) is 2.15. The highest BCUT2D eigenvalue weighted by Crippen LogP contribution is 2.18. The molecule has 0 spiro atoms. The standard InChI is InChI=1S/C20H34N4O4S.HI/c1-5-27-19-9-7-6-8-18(19)16-22-20(21-4)23-10-12-24(13-11-23)29(25,26)15-14-28-17(2)3;/h6-9,17H,5,10-16H2,1-4H3,(H,21,22);1H. The van der Waals surface area contributed by atoms with Crippen LogP contribution >= 0.6 is 24.0 Å². The topological polar surface area (TPSA) is 83.5 Å². The van der Waals surface area contributed by atoms with E-state index in [1.165, 1.54) is 0 Å². The second-order valence-corrected chi connectivity index (χ2v) is 9.15. The molecule has 0 amide bonds. The number of rotatable bonds is 9. The molecule has 1 heterocycles. The van der Waals surface area contributed by atoms with Crippen LogP contribution in [0.15, 0.2) is 29.3 Å². The number of nitrogens with zero attached hydrogens (tertiary/aromatic N) is 3. The number of benzene rings is 1. The van der Waals surface area contributed by atoms with E-state index in [-0.39, 0.29) is 42.4 Å². The minimum atomic E-state index is -3.30. The van der Waals surface area contributed by atoms with E-state index in [4.69, 9.17) is 9.47 Å². The highest BCUT2D eigenvalue weighted by molar-refractivity contribution is 14.0. The maximum absolute atomic E-state index is 12.5. The number of ether oxygens (including phenoxy) is 2. The van der Waals surface area contributed by atoms with Gasteiger partial charge in [-0.25, -0.2) is 8.42 Å². The maximum atomic E-state index is 12.5. The summed E-state index contributed by atoms with van der Waals surface area (Å²) in [6.07, 6.45) is 0.0318. The zero-order chi connectivity index (χ0) is 21.3. The molecule has 2 rings (SSSR count). The fraction of sp³-hybridized carbons (Fsp3) is 0.650. The van der Waals surface area contributed by atoms with Crippen molar-refractivity contribution < 1.29 is 17.9 Å². The lowest BCUT2D eigenvalue weighted by molar-refractivity contribution is 0.0904. The molecule has 0 saturated carbocycles. The van der Waals surface area contributed by atoms with Crippen molar-refractivity contribution in [2.24, 2.45) is 4.99 Å². The van der Waals surface area contributed by atoms with Crippen LogP contribution in [0.4, 0.5) is 0 Å².